The zero-order valence-electron chi connectivity index (χ0n) is 10.4. The van der Waals surface area contributed by atoms with Crippen LogP contribution in [0.1, 0.15) is 18.6 Å². The van der Waals surface area contributed by atoms with Crippen LogP contribution in [0.2, 0.25) is 0 Å². The van der Waals surface area contributed by atoms with Gasteiger partial charge in [-0.3, -0.25) is 0 Å². The van der Waals surface area contributed by atoms with E-state index in [2.05, 4.69) is 9.62 Å². The molecule has 0 bridgehead atoms. The van der Waals surface area contributed by atoms with Gasteiger partial charge in [-0.1, -0.05) is 0 Å². The summed E-state index contributed by atoms with van der Waals surface area (Å²) in [6.45, 7) is 1.63. The number of rotatable bonds is 5. The van der Waals surface area contributed by atoms with Gasteiger partial charge in [0, 0.05) is 12.6 Å². The van der Waals surface area contributed by atoms with Crippen molar-refractivity contribution in [2.75, 3.05) is 20.1 Å². The zero-order chi connectivity index (χ0) is 13.2. The molecular weight excluding hydrogens is 254 g/mol. The average Bonchev–Trinajstić information content (AvgIpc) is 2.95. The molecule has 18 heavy (non-hydrogen) atoms. The predicted octanol–water partition coefficient (Wildman–Crippen LogP) is 0.111. The van der Waals surface area contributed by atoms with Crippen LogP contribution in [0.25, 0.3) is 0 Å². The third-order valence-corrected chi connectivity index (χ3v) is 4.58. The summed E-state index contributed by atoms with van der Waals surface area (Å²) in [6, 6.07) is 3.28. The fourth-order valence-corrected chi connectivity index (χ4v) is 3.14. The molecule has 0 spiro atoms. The number of nitrogens with zero attached hydrogens (tertiary/aromatic N) is 1. The molecule has 1 saturated heterocycles. The molecule has 0 amide bonds. The lowest BCUT2D eigenvalue weighted by Gasteiger charge is -2.19. The van der Waals surface area contributed by atoms with E-state index in [0.717, 1.165) is 19.4 Å². The van der Waals surface area contributed by atoms with Crippen LogP contribution in [0.15, 0.2) is 21.6 Å². The highest BCUT2D eigenvalue weighted by Gasteiger charge is 2.24. The van der Waals surface area contributed by atoms with Crippen LogP contribution in [0.5, 0.6) is 0 Å². The summed E-state index contributed by atoms with van der Waals surface area (Å²) in [5.41, 5.74) is 5.38. The maximum absolute atomic E-state index is 12.0. The first-order valence-electron chi connectivity index (χ1n) is 6.01. The van der Waals surface area contributed by atoms with E-state index in [1.165, 1.54) is 6.07 Å². The van der Waals surface area contributed by atoms with E-state index in [1.807, 2.05) is 7.05 Å². The van der Waals surface area contributed by atoms with E-state index in [9.17, 15) is 8.42 Å². The fraction of sp³-hybridized carbons (Fsp3) is 0.636. The Kier molecular flexibility index (Phi) is 4.06. The van der Waals surface area contributed by atoms with Gasteiger partial charge in [0.25, 0.3) is 10.0 Å². The maximum atomic E-state index is 12.0. The normalized spacial score (nSPS) is 21.6. The lowest BCUT2D eigenvalue weighted by atomic mass is 10.2. The molecule has 1 fully saturated rings. The van der Waals surface area contributed by atoms with E-state index in [0.29, 0.717) is 12.3 Å². The standard InChI is InChI=1S/C11H19N3O3S/c1-14-6-2-3-9(14)8-13-18(15,16)11-5-4-10(7-12)17-11/h4-5,9,13H,2-3,6-8,12H2,1H3. The van der Waals surface area contributed by atoms with Crippen LogP contribution in [0.4, 0.5) is 0 Å². The lowest BCUT2D eigenvalue weighted by Crippen LogP contribution is -2.38. The molecule has 7 heteroatoms. The highest BCUT2D eigenvalue weighted by molar-refractivity contribution is 7.89. The molecule has 1 aromatic heterocycles. The Balaban J connectivity index is 1.98. The minimum atomic E-state index is -3.56. The summed E-state index contributed by atoms with van der Waals surface area (Å²) in [7, 11) is -1.55. The number of likely N-dealkylation sites (N-methyl/N-ethyl adjacent to an activating group) is 1. The number of sulfonamides is 1. The molecule has 6 nitrogen and oxygen atoms in total. The number of hydrogen-bond donors (Lipinski definition) is 2. The second-order valence-corrected chi connectivity index (χ2v) is 6.25. The summed E-state index contributed by atoms with van der Waals surface area (Å²) in [5, 5.41) is -0.0661. The van der Waals surface area contributed by atoms with Crippen LogP contribution >= 0.6 is 0 Å². The van der Waals surface area contributed by atoms with Crippen LogP contribution < -0.4 is 10.5 Å². The van der Waals surface area contributed by atoms with E-state index in [1.54, 1.807) is 6.07 Å². The first-order valence-corrected chi connectivity index (χ1v) is 7.50. The molecule has 3 N–H and O–H groups in total. The number of hydrogen-bond acceptors (Lipinski definition) is 5. The Labute approximate surface area is 107 Å². The van der Waals surface area contributed by atoms with E-state index >= 15 is 0 Å². The number of nitrogens with two attached hydrogens (primary N) is 1. The van der Waals surface area contributed by atoms with Crippen molar-refractivity contribution in [2.45, 2.75) is 30.5 Å². The van der Waals surface area contributed by atoms with Crippen molar-refractivity contribution in [3.63, 3.8) is 0 Å². The van der Waals surface area contributed by atoms with E-state index in [4.69, 9.17) is 10.2 Å². The number of nitrogens with one attached hydrogen (secondary N) is 1. The molecule has 0 radical (unpaired) electrons. The van der Waals surface area contributed by atoms with Crippen molar-refractivity contribution in [1.82, 2.24) is 9.62 Å². The first-order chi connectivity index (χ1) is 8.53. The predicted molar refractivity (Wildman–Crippen MR) is 67.4 cm³/mol. The van der Waals surface area contributed by atoms with Crippen molar-refractivity contribution >= 4 is 10.0 Å². The van der Waals surface area contributed by atoms with Crippen molar-refractivity contribution in [2.24, 2.45) is 5.73 Å². The summed E-state index contributed by atoms with van der Waals surface area (Å²) in [5.74, 6) is 0.466. The molecule has 2 rings (SSSR count). The number of furan rings is 1. The van der Waals surface area contributed by atoms with Crippen LogP contribution in [-0.4, -0.2) is 39.5 Å². The quantitative estimate of drug-likeness (QED) is 0.795. The van der Waals surface area contributed by atoms with Crippen molar-refractivity contribution in [3.8, 4) is 0 Å². The third-order valence-electron chi connectivity index (χ3n) is 3.28. The summed E-state index contributed by atoms with van der Waals surface area (Å²) in [6.07, 6.45) is 2.13. The van der Waals surface area contributed by atoms with Gasteiger partial charge < -0.3 is 15.1 Å². The lowest BCUT2D eigenvalue weighted by molar-refractivity contribution is 0.310. The van der Waals surface area contributed by atoms with Crippen molar-refractivity contribution in [1.29, 1.82) is 0 Å². The Morgan fingerprint density at radius 1 is 1.56 bits per heavy atom. The minimum Gasteiger partial charge on any atom is -0.447 e. The summed E-state index contributed by atoms with van der Waals surface area (Å²) >= 11 is 0. The highest BCUT2D eigenvalue weighted by atomic mass is 32.2. The molecule has 0 aliphatic carbocycles. The van der Waals surface area contributed by atoms with Gasteiger partial charge in [0.15, 0.2) is 0 Å². The van der Waals surface area contributed by atoms with E-state index in [-0.39, 0.29) is 17.7 Å². The third kappa shape index (κ3) is 2.92. The molecule has 1 aromatic rings. The monoisotopic (exact) mass is 273 g/mol. The van der Waals surface area contributed by atoms with Gasteiger partial charge in [-0.05, 0) is 38.6 Å². The average molecular weight is 273 g/mol. The van der Waals surface area contributed by atoms with Gasteiger partial charge in [0.2, 0.25) is 5.09 Å². The number of likely N-dealkylation sites (tertiary alicyclic amines) is 1. The van der Waals surface area contributed by atoms with Crippen molar-refractivity contribution < 1.29 is 12.8 Å². The second-order valence-electron chi connectivity index (χ2n) is 4.55. The zero-order valence-corrected chi connectivity index (χ0v) is 11.2. The molecular formula is C11H19N3O3S. The van der Waals surface area contributed by atoms with Crippen LogP contribution in [0.3, 0.4) is 0 Å². The van der Waals surface area contributed by atoms with Gasteiger partial charge in [-0.25, -0.2) is 13.1 Å². The van der Waals surface area contributed by atoms with Gasteiger partial charge in [0.05, 0.1) is 6.54 Å². The Morgan fingerprint density at radius 2 is 2.33 bits per heavy atom. The topological polar surface area (TPSA) is 88.6 Å². The second kappa shape index (κ2) is 5.40. The molecule has 102 valence electrons. The molecule has 0 saturated carbocycles. The Morgan fingerprint density at radius 3 is 2.89 bits per heavy atom. The van der Waals surface area contributed by atoms with Gasteiger partial charge in [0.1, 0.15) is 5.76 Å². The molecule has 1 unspecified atom stereocenters. The minimum absolute atomic E-state index is 0.0661. The molecule has 0 aromatic carbocycles. The Bertz CT molecular complexity index is 497. The van der Waals surface area contributed by atoms with Gasteiger partial charge in [-0.2, -0.15) is 0 Å². The smallest absolute Gasteiger partial charge is 0.274 e. The van der Waals surface area contributed by atoms with Crippen LogP contribution in [-0.2, 0) is 16.6 Å². The largest absolute Gasteiger partial charge is 0.447 e. The molecule has 2 heterocycles. The molecule has 1 atom stereocenters. The molecule has 1 aliphatic heterocycles. The first kappa shape index (κ1) is 13.5. The SMILES string of the molecule is CN1CCCC1CNS(=O)(=O)c1ccc(CN)o1. The molecule has 1 aliphatic rings. The van der Waals surface area contributed by atoms with E-state index < -0.39 is 10.0 Å². The fourth-order valence-electron chi connectivity index (χ4n) is 2.13. The summed E-state index contributed by atoms with van der Waals surface area (Å²) < 4.78 is 31.7. The summed E-state index contributed by atoms with van der Waals surface area (Å²) in [4.78, 5) is 2.16. The van der Waals surface area contributed by atoms with Gasteiger partial charge in [-0.15, -0.1) is 0 Å². The van der Waals surface area contributed by atoms with Crippen molar-refractivity contribution in [3.05, 3.63) is 17.9 Å². The van der Waals surface area contributed by atoms with Crippen LogP contribution in [0, 0.1) is 0 Å². The van der Waals surface area contributed by atoms with Gasteiger partial charge >= 0.3 is 0 Å². The Hall–Kier alpha value is -0.890. The maximum Gasteiger partial charge on any atom is 0.274 e. The highest BCUT2D eigenvalue weighted by Crippen LogP contribution is 2.16.